The Balaban J connectivity index is 1.43. The molecule has 1 aromatic heterocycles. The molecule has 2 amide bonds. The van der Waals surface area contributed by atoms with Gasteiger partial charge in [-0.05, 0) is 44.4 Å². The quantitative estimate of drug-likeness (QED) is 0.911. The Hall–Kier alpha value is -2.41. The number of likely N-dealkylation sites (tertiary alicyclic amines) is 1. The second-order valence-electron chi connectivity index (χ2n) is 7.61. The van der Waals surface area contributed by atoms with Gasteiger partial charge in [-0.2, -0.15) is 5.10 Å². The van der Waals surface area contributed by atoms with Crippen LogP contribution in [0.5, 0.6) is 0 Å². The molecule has 2 fully saturated rings. The largest absolute Gasteiger partial charge is 0.332 e. The number of hydrogen-bond acceptors (Lipinski definition) is 4. The summed E-state index contributed by atoms with van der Waals surface area (Å²) in [4.78, 5) is 20.7. The first kappa shape index (κ1) is 17.0. The summed E-state index contributed by atoms with van der Waals surface area (Å²) in [6.45, 7) is 9.11. The van der Waals surface area contributed by atoms with Crippen LogP contribution in [0.1, 0.15) is 31.4 Å². The molecule has 2 aromatic rings. The Labute approximate surface area is 154 Å². The van der Waals surface area contributed by atoms with Gasteiger partial charge in [0, 0.05) is 25.7 Å². The lowest BCUT2D eigenvalue weighted by atomic mass is 9.98. The molecular weight excluding hydrogens is 328 g/mol. The van der Waals surface area contributed by atoms with Crippen LogP contribution < -0.4 is 5.32 Å². The van der Waals surface area contributed by atoms with E-state index in [0.717, 1.165) is 31.7 Å². The Bertz CT molecular complexity index is 787. The molecule has 1 aromatic carbocycles. The average Bonchev–Trinajstić information content (AvgIpc) is 3.21. The minimum atomic E-state index is 0.0879. The average molecular weight is 354 g/mol. The van der Waals surface area contributed by atoms with Gasteiger partial charge < -0.3 is 10.2 Å². The van der Waals surface area contributed by atoms with Crippen molar-refractivity contribution in [2.75, 3.05) is 13.1 Å². The van der Waals surface area contributed by atoms with E-state index >= 15 is 0 Å². The molecule has 0 radical (unpaired) electrons. The van der Waals surface area contributed by atoms with Crippen molar-refractivity contribution in [3.05, 3.63) is 42.0 Å². The SMILES string of the molecule is Cc1cc(CN2CC[C@H]3[C@@H](C2)NC(=O)N3C(C)C)ccc1-n1cncn1. The topological polar surface area (TPSA) is 66.3 Å². The van der Waals surface area contributed by atoms with E-state index < -0.39 is 0 Å². The number of aromatic nitrogens is 3. The van der Waals surface area contributed by atoms with E-state index in [0.29, 0.717) is 6.04 Å². The van der Waals surface area contributed by atoms with Crippen LogP contribution >= 0.6 is 0 Å². The van der Waals surface area contributed by atoms with Crippen molar-refractivity contribution in [1.29, 1.82) is 0 Å². The van der Waals surface area contributed by atoms with Crippen LogP contribution in [-0.2, 0) is 6.54 Å². The zero-order valence-corrected chi connectivity index (χ0v) is 15.6. The third-order valence-electron chi connectivity index (χ3n) is 5.45. The maximum Gasteiger partial charge on any atom is 0.318 e. The minimum Gasteiger partial charge on any atom is -0.332 e. The Morgan fingerprint density at radius 1 is 1.35 bits per heavy atom. The molecule has 0 bridgehead atoms. The molecule has 0 spiro atoms. The van der Waals surface area contributed by atoms with E-state index in [1.54, 1.807) is 17.3 Å². The zero-order valence-electron chi connectivity index (χ0n) is 15.6. The van der Waals surface area contributed by atoms with Crippen LogP contribution in [0.25, 0.3) is 5.69 Å². The molecular formula is C19H26N6O. The fourth-order valence-corrected chi connectivity index (χ4v) is 4.29. The van der Waals surface area contributed by atoms with Crippen molar-refractivity contribution in [2.45, 2.75) is 51.9 Å². The molecule has 0 saturated carbocycles. The van der Waals surface area contributed by atoms with Crippen molar-refractivity contribution < 1.29 is 4.79 Å². The maximum atomic E-state index is 12.2. The summed E-state index contributed by atoms with van der Waals surface area (Å²) in [5.41, 5.74) is 3.53. The van der Waals surface area contributed by atoms with Gasteiger partial charge in [0.1, 0.15) is 12.7 Å². The molecule has 2 saturated heterocycles. The van der Waals surface area contributed by atoms with Gasteiger partial charge in [0.15, 0.2) is 0 Å². The minimum absolute atomic E-state index is 0.0879. The highest BCUT2D eigenvalue weighted by atomic mass is 16.2. The fraction of sp³-hybridized carbons (Fsp3) is 0.526. The summed E-state index contributed by atoms with van der Waals surface area (Å²) in [6, 6.07) is 7.38. The molecule has 1 N–H and O–H groups in total. The number of rotatable bonds is 4. The van der Waals surface area contributed by atoms with Crippen LogP contribution in [0.15, 0.2) is 30.9 Å². The third kappa shape index (κ3) is 3.07. The number of amides is 2. The molecule has 2 aliphatic heterocycles. The first-order valence-electron chi connectivity index (χ1n) is 9.28. The van der Waals surface area contributed by atoms with E-state index in [2.05, 4.69) is 59.3 Å². The Kier molecular flexibility index (Phi) is 4.40. The lowest BCUT2D eigenvalue weighted by Crippen LogP contribution is -2.51. The number of carbonyl (C=O) groups excluding carboxylic acids is 1. The van der Waals surface area contributed by atoms with Crippen LogP contribution in [0.4, 0.5) is 4.79 Å². The number of hydrogen-bond donors (Lipinski definition) is 1. The Morgan fingerprint density at radius 2 is 2.19 bits per heavy atom. The van der Waals surface area contributed by atoms with E-state index in [4.69, 9.17) is 0 Å². The van der Waals surface area contributed by atoms with E-state index in [1.165, 1.54) is 11.1 Å². The standard InChI is InChI=1S/C19H26N6O/c1-13(2)25-18-6-7-23(10-16(18)22-19(25)26)9-15-4-5-17(14(3)8-15)24-12-20-11-21-24/h4-5,8,11-13,16,18H,6-7,9-10H2,1-3H3,(H,22,26)/t16-,18+/m1/s1. The zero-order chi connectivity index (χ0) is 18.3. The van der Waals surface area contributed by atoms with Gasteiger partial charge in [0.2, 0.25) is 0 Å². The van der Waals surface area contributed by atoms with Crippen molar-refractivity contribution in [3.63, 3.8) is 0 Å². The van der Waals surface area contributed by atoms with E-state index in [-0.39, 0.29) is 18.1 Å². The molecule has 7 heteroatoms. The third-order valence-corrected chi connectivity index (χ3v) is 5.45. The molecule has 0 aliphatic carbocycles. The van der Waals surface area contributed by atoms with Crippen LogP contribution in [0.2, 0.25) is 0 Å². The van der Waals surface area contributed by atoms with Gasteiger partial charge in [-0.1, -0.05) is 12.1 Å². The summed E-state index contributed by atoms with van der Waals surface area (Å²) in [6.07, 6.45) is 4.29. The number of nitrogens with zero attached hydrogens (tertiary/aromatic N) is 5. The maximum absolute atomic E-state index is 12.2. The van der Waals surface area contributed by atoms with Gasteiger partial charge in [0.25, 0.3) is 0 Å². The summed E-state index contributed by atoms with van der Waals surface area (Å²) in [7, 11) is 0. The van der Waals surface area contributed by atoms with Gasteiger partial charge in [-0.3, -0.25) is 4.90 Å². The first-order valence-corrected chi connectivity index (χ1v) is 9.28. The predicted octanol–water partition coefficient (Wildman–Crippen LogP) is 1.95. The number of urea groups is 1. The highest BCUT2D eigenvalue weighted by Gasteiger charge is 2.43. The molecule has 2 aliphatic rings. The summed E-state index contributed by atoms with van der Waals surface area (Å²) in [5, 5.41) is 7.38. The molecule has 2 atom stereocenters. The second kappa shape index (κ2) is 6.72. The van der Waals surface area contributed by atoms with Gasteiger partial charge in [-0.25, -0.2) is 14.5 Å². The molecule has 26 heavy (non-hydrogen) atoms. The number of fused-ring (bicyclic) bond motifs is 1. The monoisotopic (exact) mass is 354 g/mol. The van der Waals surface area contributed by atoms with E-state index in [1.807, 2.05) is 4.90 Å². The first-order chi connectivity index (χ1) is 12.5. The number of piperidine rings is 1. The molecule has 4 rings (SSSR count). The lowest BCUT2D eigenvalue weighted by molar-refractivity contribution is 0.122. The molecule has 3 heterocycles. The fourth-order valence-electron chi connectivity index (χ4n) is 4.29. The summed E-state index contributed by atoms with van der Waals surface area (Å²) >= 11 is 0. The highest BCUT2D eigenvalue weighted by molar-refractivity contribution is 5.78. The molecule has 138 valence electrons. The molecule has 0 unspecified atom stereocenters. The normalized spacial score (nSPS) is 23.4. The highest BCUT2D eigenvalue weighted by Crippen LogP contribution is 2.26. The van der Waals surface area contributed by atoms with E-state index in [9.17, 15) is 4.79 Å². The molecule has 7 nitrogen and oxygen atoms in total. The van der Waals surface area contributed by atoms with Crippen LogP contribution in [0, 0.1) is 6.92 Å². The second-order valence-corrected chi connectivity index (χ2v) is 7.61. The summed E-state index contributed by atoms with van der Waals surface area (Å²) < 4.78 is 1.79. The number of benzene rings is 1. The van der Waals surface area contributed by atoms with Crippen molar-refractivity contribution in [1.82, 2.24) is 29.9 Å². The lowest BCUT2D eigenvalue weighted by Gasteiger charge is -2.38. The predicted molar refractivity (Wildman–Crippen MR) is 99.1 cm³/mol. The summed E-state index contributed by atoms with van der Waals surface area (Å²) in [5.74, 6) is 0. The number of nitrogens with one attached hydrogen (secondary N) is 1. The van der Waals surface area contributed by atoms with Gasteiger partial charge in [0.05, 0.1) is 17.8 Å². The van der Waals surface area contributed by atoms with Crippen molar-refractivity contribution in [3.8, 4) is 5.69 Å². The number of carbonyl (C=O) groups is 1. The van der Waals surface area contributed by atoms with Gasteiger partial charge >= 0.3 is 6.03 Å². The Morgan fingerprint density at radius 3 is 2.88 bits per heavy atom. The number of aryl methyl sites for hydroxylation is 1. The van der Waals surface area contributed by atoms with Crippen LogP contribution in [-0.4, -0.2) is 61.8 Å². The smallest absolute Gasteiger partial charge is 0.318 e. The van der Waals surface area contributed by atoms with Gasteiger partial charge in [-0.15, -0.1) is 0 Å². The van der Waals surface area contributed by atoms with Crippen molar-refractivity contribution in [2.24, 2.45) is 0 Å². The van der Waals surface area contributed by atoms with Crippen molar-refractivity contribution >= 4 is 6.03 Å². The van der Waals surface area contributed by atoms with Crippen LogP contribution in [0.3, 0.4) is 0 Å².